The van der Waals surface area contributed by atoms with Crippen LogP contribution in [-0.2, 0) is 13.1 Å². The summed E-state index contributed by atoms with van der Waals surface area (Å²) in [5.74, 6) is 0. The topological polar surface area (TPSA) is 41.3 Å². The fourth-order valence-corrected chi connectivity index (χ4v) is 1.65. The van der Waals surface area contributed by atoms with Crippen molar-refractivity contribution in [2.75, 3.05) is 19.7 Å². The number of hydrogen-bond donors (Lipinski definition) is 1. The van der Waals surface area contributed by atoms with Crippen LogP contribution in [0.25, 0.3) is 0 Å². The van der Waals surface area contributed by atoms with E-state index in [1.54, 1.807) is 0 Å². The van der Waals surface area contributed by atoms with Crippen LogP contribution in [0, 0.1) is 0 Å². The second-order valence-corrected chi connectivity index (χ2v) is 3.70. The average molecular weight is 211 g/mol. The maximum atomic E-state index is 8.93. The van der Waals surface area contributed by atoms with E-state index < -0.39 is 0 Å². The first kappa shape index (κ1) is 12.2. The van der Waals surface area contributed by atoms with Crippen LogP contribution >= 0.6 is 0 Å². The smallest absolute Gasteiger partial charge is 0.0558 e. The Bertz CT molecular complexity index is 267. The molecule has 0 amide bonds. The van der Waals surface area contributed by atoms with Crippen LogP contribution in [-0.4, -0.2) is 39.5 Å². The van der Waals surface area contributed by atoms with Crippen molar-refractivity contribution >= 4 is 0 Å². The van der Waals surface area contributed by atoms with Gasteiger partial charge in [-0.05, 0) is 19.9 Å². The lowest BCUT2D eigenvalue weighted by molar-refractivity contribution is 0.190. The quantitative estimate of drug-likeness (QED) is 0.734. The molecule has 4 nitrogen and oxygen atoms in total. The third-order valence-corrected chi connectivity index (χ3v) is 2.37. The fraction of sp³-hybridized carbons (Fsp3) is 0.727. The molecule has 0 fully saturated rings. The van der Waals surface area contributed by atoms with E-state index in [0.717, 1.165) is 32.6 Å². The van der Waals surface area contributed by atoms with E-state index in [9.17, 15) is 0 Å². The zero-order valence-electron chi connectivity index (χ0n) is 9.69. The molecule has 0 saturated carbocycles. The molecule has 0 aromatic carbocycles. The predicted molar refractivity (Wildman–Crippen MR) is 60.6 cm³/mol. The molecule has 0 radical (unpaired) electrons. The molecule has 1 aromatic heterocycles. The van der Waals surface area contributed by atoms with Crippen molar-refractivity contribution < 1.29 is 5.11 Å². The number of rotatable bonds is 7. The largest absolute Gasteiger partial charge is 0.395 e. The Labute approximate surface area is 91.5 Å². The van der Waals surface area contributed by atoms with Crippen molar-refractivity contribution in [3.05, 3.63) is 18.0 Å². The van der Waals surface area contributed by atoms with Gasteiger partial charge < -0.3 is 5.11 Å². The minimum Gasteiger partial charge on any atom is -0.395 e. The monoisotopic (exact) mass is 211 g/mol. The standard InChI is InChI=1S/C11H21N3O/c1-3-5-13(6-7-15)9-11-8-12-14(4-2)10-11/h8,10,15H,3-7,9H2,1-2H3. The van der Waals surface area contributed by atoms with Gasteiger partial charge in [-0.1, -0.05) is 6.92 Å². The second kappa shape index (κ2) is 6.58. The number of aromatic nitrogens is 2. The molecule has 1 rings (SSSR count). The van der Waals surface area contributed by atoms with Gasteiger partial charge in [-0.2, -0.15) is 5.10 Å². The SMILES string of the molecule is CCCN(CCO)Cc1cnn(CC)c1. The van der Waals surface area contributed by atoms with Gasteiger partial charge in [0.2, 0.25) is 0 Å². The normalized spacial score (nSPS) is 11.2. The molecular weight excluding hydrogens is 190 g/mol. The van der Waals surface area contributed by atoms with E-state index in [1.165, 1.54) is 5.56 Å². The number of hydrogen-bond acceptors (Lipinski definition) is 3. The molecule has 1 heterocycles. The highest BCUT2D eigenvalue weighted by Gasteiger charge is 2.05. The summed E-state index contributed by atoms with van der Waals surface area (Å²) in [5, 5.41) is 13.2. The van der Waals surface area contributed by atoms with E-state index in [2.05, 4.69) is 30.0 Å². The van der Waals surface area contributed by atoms with E-state index >= 15 is 0 Å². The molecule has 0 aliphatic carbocycles. The number of aliphatic hydroxyl groups excluding tert-OH is 1. The van der Waals surface area contributed by atoms with Crippen LogP contribution in [0.2, 0.25) is 0 Å². The first-order valence-corrected chi connectivity index (χ1v) is 5.64. The Kier molecular flexibility index (Phi) is 5.36. The van der Waals surface area contributed by atoms with Crippen LogP contribution in [0.1, 0.15) is 25.8 Å². The van der Waals surface area contributed by atoms with Crippen molar-refractivity contribution in [2.45, 2.75) is 33.4 Å². The van der Waals surface area contributed by atoms with Gasteiger partial charge in [0.1, 0.15) is 0 Å². The molecule has 0 spiro atoms. The second-order valence-electron chi connectivity index (χ2n) is 3.70. The van der Waals surface area contributed by atoms with Crippen LogP contribution in [0.5, 0.6) is 0 Å². The van der Waals surface area contributed by atoms with E-state index in [4.69, 9.17) is 5.11 Å². The Morgan fingerprint density at radius 3 is 2.73 bits per heavy atom. The van der Waals surface area contributed by atoms with Gasteiger partial charge >= 0.3 is 0 Å². The number of nitrogens with zero attached hydrogens (tertiary/aromatic N) is 3. The van der Waals surface area contributed by atoms with Crippen LogP contribution in [0.3, 0.4) is 0 Å². The minimum atomic E-state index is 0.224. The summed E-state index contributed by atoms with van der Waals surface area (Å²) in [6.45, 7) is 8.02. The van der Waals surface area contributed by atoms with Crippen LogP contribution in [0.15, 0.2) is 12.4 Å². The summed E-state index contributed by atoms with van der Waals surface area (Å²) in [4.78, 5) is 2.25. The van der Waals surface area contributed by atoms with Crippen molar-refractivity contribution in [1.82, 2.24) is 14.7 Å². The summed E-state index contributed by atoms with van der Waals surface area (Å²) in [5.41, 5.74) is 1.22. The summed E-state index contributed by atoms with van der Waals surface area (Å²) in [7, 11) is 0. The number of aryl methyl sites for hydroxylation is 1. The third kappa shape index (κ3) is 4.01. The Morgan fingerprint density at radius 1 is 1.40 bits per heavy atom. The lowest BCUT2D eigenvalue weighted by Gasteiger charge is -2.19. The highest BCUT2D eigenvalue weighted by Crippen LogP contribution is 2.04. The Morgan fingerprint density at radius 2 is 2.20 bits per heavy atom. The minimum absolute atomic E-state index is 0.224. The maximum absolute atomic E-state index is 8.93. The zero-order valence-corrected chi connectivity index (χ0v) is 9.69. The fourth-order valence-electron chi connectivity index (χ4n) is 1.65. The lowest BCUT2D eigenvalue weighted by Crippen LogP contribution is -2.27. The molecule has 0 aliphatic rings. The van der Waals surface area contributed by atoms with Gasteiger partial charge in [-0.15, -0.1) is 0 Å². The van der Waals surface area contributed by atoms with Crippen molar-refractivity contribution in [3.8, 4) is 0 Å². The van der Waals surface area contributed by atoms with Gasteiger partial charge in [0.05, 0.1) is 12.8 Å². The van der Waals surface area contributed by atoms with E-state index in [-0.39, 0.29) is 6.61 Å². The summed E-state index contributed by atoms with van der Waals surface area (Å²) in [6.07, 6.45) is 5.09. The molecule has 1 aromatic rings. The molecule has 0 bridgehead atoms. The highest BCUT2D eigenvalue weighted by molar-refractivity contribution is 5.03. The average Bonchev–Trinajstić information content (AvgIpc) is 2.66. The summed E-state index contributed by atoms with van der Waals surface area (Å²) < 4.78 is 1.93. The molecule has 15 heavy (non-hydrogen) atoms. The molecule has 1 N–H and O–H groups in total. The van der Waals surface area contributed by atoms with Crippen molar-refractivity contribution in [2.24, 2.45) is 0 Å². The first-order valence-electron chi connectivity index (χ1n) is 5.64. The Balaban J connectivity index is 2.48. The predicted octanol–water partition coefficient (Wildman–Crippen LogP) is 1.11. The van der Waals surface area contributed by atoms with Gasteiger partial charge in [0.15, 0.2) is 0 Å². The molecule has 86 valence electrons. The lowest BCUT2D eigenvalue weighted by atomic mass is 10.3. The molecule has 0 atom stereocenters. The number of aliphatic hydroxyl groups is 1. The first-order chi connectivity index (χ1) is 7.30. The molecule has 4 heteroatoms. The molecular formula is C11H21N3O. The molecule has 0 aliphatic heterocycles. The summed E-state index contributed by atoms with van der Waals surface area (Å²) in [6, 6.07) is 0. The van der Waals surface area contributed by atoms with E-state index in [1.807, 2.05) is 10.9 Å². The molecule has 0 unspecified atom stereocenters. The van der Waals surface area contributed by atoms with Crippen molar-refractivity contribution in [3.63, 3.8) is 0 Å². The zero-order chi connectivity index (χ0) is 11.1. The highest BCUT2D eigenvalue weighted by atomic mass is 16.3. The Hall–Kier alpha value is -0.870. The van der Waals surface area contributed by atoms with E-state index in [0.29, 0.717) is 0 Å². The van der Waals surface area contributed by atoms with Gasteiger partial charge in [0, 0.05) is 31.4 Å². The van der Waals surface area contributed by atoms with Gasteiger partial charge in [-0.25, -0.2) is 0 Å². The van der Waals surface area contributed by atoms with Gasteiger partial charge in [0.25, 0.3) is 0 Å². The van der Waals surface area contributed by atoms with Crippen LogP contribution in [0.4, 0.5) is 0 Å². The third-order valence-electron chi connectivity index (χ3n) is 2.37. The summed E-state index contributed by atoms with van der Waals surface area (Å²) >= 11 is 0. The van der Waals surface area contributed by atoms with Gasteiger partial charge in [-0.3, -0.25) is 9.58 Å². The van der Waals surface area contributed by atoms with Crippen LogP contribution < -0.4 is 0 Å². The maximum Gasteiger partial charge on any atom is 0.0558 e. The van der Waals surface area contributed by atoms with Crippen molar-refractivity contribution in [1.29, 1.82) is 0 Å². The molecule has 0 saturated heterocycles.